The summed E-state index contributed by atoms with van der Waals surface area (Å²) in [6, 6.07) is 61.0. The number of amides is 5. The summed E-state index contributed by atoms with van der Waals surface area (Å²) in [7, 11) is 0. The van der Waals surface area contributed by atoms with E-state index in [2.05, 4.69) is 90.3 Å². The van der Waals surface area contributed by atoms with E-state index in [1.807, 2.05) is 61.7 Å². The highest BCUT2D eigenvalue weighted by atomic mass is 32.2. The number of azo groups is 4. The number of benzene rings is 12. The maximum Gasteiger partial charge on any atom is 0.347 e. The number of rotatable bonds is 22. The lowest BCUT2D eigenvalue weighted by atomic mass is 10.0. The largest absolute Gasteiger partial charge is 0.505 e. The van der Waals surface area contributed by atoms with Gasteiger partial charge in [0.15, 0.2) is 54.3 Å². The van der Waals surface area contributed by atoms with Gasteiger partial charge in [0, 0.05) is 56.6 Å². The molecular formula is C89H69N19O14S5. The molecule has 12 aromatic carbocycles. The van der Waals surface area contributed by atoms with E-state index in [1.54, 1.807) is 172 Å². The first-order valence-corrected chi connectivity index (χ1v) is 42.2. The van der Waals surface area contributed by atoms with Crippen molar-refractivity contribution in [3.05, 3.63) is 280 Å². The van der Waals surface area contributed by atoms with Crippen LogP contribution in [0.4, 0.5) is 71.3 Å². The number of carbonyl (C=O) groups is 7. The predicted molar refractivity (Wildman–Crippen MR) is 490 cm³/mol. The molecule has 16 rings (SSSR count). The highest BCUT2D eigenvalue weighted by molar-refractivity contribution is 8.00. The van der Waals surface area contributed by atoms with Crippen molar-refractivity contribution >= 4 is 225 Å². The monoisotopic (exact) mass is 1790 g/mol. The summed E-state index contributed by atoms with van der Waals surface area (Å²) in [5, 5.41) is 121. The fraction of sp³-hybridized carbons (Fsp3) is 0.0899. The number of aromatic hydroxyl groups is 4. The number of hydrogen-bond acceptors (Lipinski definition) is 32. The number of aromatic nitrogens is 5. The van der Waals surface area contributed by atoms with Crippen molar-refractivity contribution in [1.29, 1.82) is 0 Å². The van der Waals surface area contributed by atoms with Gasteiger partial charge in [-0.2, -0.15) is 13.1 Å². The molecule has 0 spiro atoms. The molecule has 0 unspecified atom stereocenters. The standard InChI is InChI=1S/C27H21N5O4S.C25H19N5O4S.C23H18N4O4S.C14H11N5O2S2/c1-15(34)28-19-10-11-23-21(13-19)27(37-32-23)31-30-24-20-5-3-2-4-17(20)12-22(25(24)35)26(36)29-18-8-6-16(14-33)7-9-18;1-4-34-25(33)21-20(26-3)24(35-30-21)29-28-19-17-8-6-5-7-15(17)13-18(22(19)31)23(32)27-16-11-9-14(2)10-12-16;1-13-19(12-29)23(32-27-13)26-25-20-17-5-3-2-4-15(17)10-18(21(20)30)22(31)24-16-8-6-14(11-28)7-9-16;1-22-14-19-18-13(23-14)17-16-10-8-5-3-2-4-7(8)6-9(11(10)20)12(15)21/h2-13,33,35H,14H2,1H3,(H,28,34)(H,29,36);5-13,31H,4H2,1-2H3,(H,27,32);2-10,12,28,30H,11H2,1H3,(H,24,31);2-6,20H,1H3,(H2,15,21). The van der Waals surface area contributed by atoms with Gasteiger partial charge >= 0.3 is 5.97 Å². The fourth-order valence-electron chi connectivity index (χ4n) is 12.3. The number of phenols is 4. The second-order valence-corrected chi connectivity index (χ2v) is 31.3. The van der Waals surface area contributed by atoms with Crippen LogP contribution in [0.15, 0.2) is 258 Å². The Hall–Kier alpha value is -15.8. The molecule has 4 heterocycles. The summed E-state index contributed by atoms with van der Waals surface area (Å²) in [5.41, 5.74) is 11.9. The summed E-state index contributed by atoms with van der Waals surface area (Å²) >= 11 is 5.71. The molecule has 0 fully saturated rings. The minimum Gasteiger partial charge on any atom is -0.505 e. The summed E-state index contributed by atoms with van der Waals surface area (Å²) in [6.07, 6.45) is 2.55. The Morgan fingerprint density at radius 3 is 1.32 bits per heavy atom. The number of aliphatic hydroxyl groups is 2. The van der Waals surface area contributed by atoms with Crippen LogP contribution in [-0.2, 0) is 22.7 Å². The lowest BCUT2D eigenvalue weighted by molar-refractivity contribution is -0.114. The van der Waals surface area contributed by atoms with Crippen molar-refractivity contribution in [1.82, 2.24) is 23.3 Å². The number of aryl methyl sites for hydroxylation is 2. The first-order valence-electron chi connectivity index (χ1n) is 37.8. The Kier molecular flexibility index (Phi) is 28.7. The Morgan fingerprint density at radius 2 is 0.898 bits per heavy atom. The molecule has 127 heavy (non-hydrogen) atoms. The number of nitrogens with zero attached hydrogens (tertiary/aromatic N) is 14. The molecule has 16 aromatic rings. The maximum atomic E-state index is 13.1. The molecule has 0 saturated carbocycles. The van der Waals surface area contributed by atoms with Gasteiger partial charge in [-0.15, -0.1) is 51.1 Å². The van der Waals surface area contributed by atoms with E-state index >= 15 is 0 Å². The van der Waals surface area contributed by atoms with Gasteiger partial charge < -0.3 is 62.4 Å². The molecule has 634 valence electrons. The van der Waals surface area contributed by atoms with Crippen LogP contribution in [0, 0.1) is 20.4 Å². The molecule has 4 aromatic heterocycles. The van der Waals surface area contributed by atoms with Crippen LogP contribution in [0.3, 0.4) is 0 Å². The maximum absolute atomic E-state index is 13.1. The Bertz CT molecular complexity index is 7110. The lowest BCUT2D eigenvalue weighted by Gasteiger charge is -2.11. The smallest absolute Gasteiger partial charge is 0.347 e. The van der Waals surface area contributed by atoms with Gasteiger partial charge in [-0.25, -0.2) is 9.64 Å². The van der Waals surface area contributed by atoms with Crippen molar-refractivity contribution in [2.24, 2.45) is 46.6 Å². The number of anilines is 4. The summed E-state index contributed by atoms with van der Waals surface area (Å²) in [6.45, 7) is 14.1. The van der Waals surface area contributed by atoms with Crippen LogP contribution < -0.4 is 27.0 Å². The third kappa shape index (κ3) is 21.0. The second-order valence-electron chi connectivity index (χ2n) is 27.1. The zero-order chi connectivity index (χ0) is 90.0. The summed E-state index contributed by atoms with van der Waals surface area (Å²) in [4.78, 5) is 88.6. The van der Waals surface area contributed by atoms with Gasteiger partial charge in [-0.1, -0.05) is 162 Å². The number of nitrogens with one attached hydrogen (secondary N) is 4. The molecule has 0 radical (unpaired) electrons. The SMILES string of the molecule is CC(=O)Nc1ccc2nsc(N=Nc3c(O)c(C(=O)Nc4ccc(CO)cc4)cc4ccccc34)c2c1.CSc1nnc(N=Nc2c(O)c(C(N)=O)cc3ccccc23)s1.Cc1nsc(N=Nc2c(O)c(C(=O)Nc3ccc(CO)cc3)cc3ccccc23)c1C=O.[C-]#[N+]c1c(C(=O)OCC)nsc1N=Nc1c(O)c(C(=O)Nc2ccc(C)cc2)cc2ccccc12. The third-order valence-electron chi connectivity index (χ3n) is 18.6. The normalized spacial score (nSPS) is 11.2. The van der Waals surface area contributed by atoms with Gasteiger partial charge in [-0.3, -0.25) is 28.8 Å². The molecule has 5 amide bonds. The predicted octanol–water partition coefficient (Wildman–Crippen LogP) is 21.9. The average molecular weight is 1790 g/mol. The first kappa shape index (κ1) is 89.0. The topological polar surface area (TPSA) is 492 Å². The summed E-state index contributed by atoms with van der Waals surface area (Å²) < 4.78 is 18.1. The van der Waals surface area contributed by atoms with E-state index in [0.717, 1.165) is 49.9 Å². The van der Waals surface area contributed by atoms with Crippen molar-refractivity contribution in [3.63, 3.8) is 0 Å². The minimum atomic E-state index is -0.731. The van der Waals surface area contributed by atoms with Crippen LogP contribution in [-0.4, -0.2) is 109 Å². The number of hydrogen-bond donors (Lipinski definition) is 11. The molecule has 0 aliphatic heterocycles. The van der Waals surface area contributed by atoms with E-state index in [-0.39, 0.29) is 110 Å². The quantitative estimate of drug-likeness (QED) is 0.00987. The minimum absolute atomic E-state index is 0.000262. The number of ether oxygens (including phenoxy) is 1. The van der Waals surface area contributed by atoms with Crippen molar-refractivity contribution in [2.45, 2.75) is 45.2 Å². The number of esters is 1. The summed E-state index contributed by atoms with van der Waals surface area (Å²) in [5.74, 6) is -4.50. The fourth-order valence-corrected chi connectivity index (χ4v) is 15.4. The van der Waals surface area contributed by atoms with Crippen LogP contribution in [0.25, 0.3) is 58.8 Å². The first-order chi connectivity index (χ1) is 61.5. The van der Waals surface area contributed by atoms with Crippen molar-refractivity contribution in [3.8, 4) is 23.0 Å². The Morgan fingerprint density at radius 1 is 0.488 bits per heavy atom. The number of aliphatic hydroxyl groups excluding tert-OH is 2. The molecule has 0 aliphatic rings. The van der Waals surface area contributed by atoms with Crippen LogP contribution in [0.5, 0.6) is 23.0 Å². The number of fused-ring (bicyclic) bond motifs is 5. The van der Waals surface area contributed by atoms with Gasteiger partial charge in [0.05, 0.1) is 65.4 Å². The number of nitrogens with two attached hydrogens (primary N) is 1. The third-order valence-corrected chi connectivity index (χ3v) is 22.7. The second kappa shape index (κ2) is 40.9. The van der Waals surface area contributed by atoms with Crippen LogP contribution in [0.2, 0.25) is 0 Å². The average Bonchev–Trinajstić information content (AvgIpc) is 1.72. The van der Waals surface area contributed by atoms with Gasteiger partial charge in [0.2, 0.25) is 5.91 Å². The molecule has 12 N–H and O–H groups in total. The lowest BCUT2D eigenvalue weighted by Crippen LogP contribution is -2.12. The van der Waals surface area contributed by atoms with Gasteiger partial charge in [-0.05, 0) is 173 Å². The molecule has 38 heteroatoms. The highest BCUT2D eigenvalue weighted by Gasteiger charge is 2.26. The van der Waals surface area contributed by atoms with Gasteiger partial charge in [0.25, 0.3) is 34.4 Å². The van der Waals surface area contributed by atoms with Crippen LogP contribution >= 0.6 is 57.7 Å². The Labute approximate surface area is 740 Å². The molecule has 0 aliphatic carbocycles. The number of phenolic OH excluding ortho intramolecular Hbond substituents is 3. The number of thioether (sulfide) groups is 1. The van der Waals surface area contributed by atoms with E-state index in [0.29, 0.717) is 115 Å². The molecule has 0 saturated heterocycles. The Balaban J connectivity index is 0.000000147. The zero-order valence-electron chi connectivity index (χ0n) is 67.2. The zero-order valence-corrected chi connectivity index (χ0v) is 71.3. The van der Waals surface area contributed by atoms with E-state index in [1.165, 1.54) is 36.1 Å². The molecule has 0 bridgehead atoms. The molecule has 33 nitrogen and oxygen atoms in total. The number of primary amides is 1. The van der Waals surface area contributed by atoms with Crippen molar-refractivity contribution < 1.29 is 68.9 Å². The molecular weight excluding hydrogens is 1720 g/mol. The molecule has 0 atom stereocenters. The number of aldehydes is 1. The number of carbonyl (C=O) groups excluding carboxylic acids is 7. The van der Waals surface area contributed by atoms with E-state index in [9.17, 15) is 59.1 Å². The van der Waals surface area contributed by atoms with Crippen molar-refractivity contribution in [2.75, 3.05) is 34.1 Å². The van der Waals surface area contributed by atoms with Crippen LogP contribution in [0.1, 0.15) is 98.5 Å². The highest BCUT2D eigenvalue weighted by Crippen LogP contribution is 2.47. The van der Waals surface area contributed by atoms with E-state index in [4.69, 9.17) is 22.1 Å². The van der Waals surface area contributed by atoms with E-state index < -0.39 is 29.6 Å². The van der Waals surface area contributed by atoms with Gasteiger partial charge in [0.1, 0.15) is 22.7 Å².